The van der Waals surface area contributed by atoms with Crippen LogP contribution in [-0.4, -0.2) is 0 Å². The molecule has 1 aliphatic rings. The van der Waals surface area contributed by atoms with Gasteiger partial charge >= 0.3 is 0 Å². The van der Waals surface area contributed by atoms with Gasteiger partial charge < -0.3 is 0 Å². The monoisotopic (exact) mass is 134 g/mol. The predicted molar refractivity (Wildman–Crippen MR) is 45.8 cm³/mol. The summed E-state index contributed by atoms with van der Waals surface area (Å²) in [7, 11) is 0. The van der Waals surface area contributed by atoms with Crippen molar-refractivity contribution in [1.29, 1.82) is 0 Å². The van der Waals surface area contributed by atoms with Crippen LogP contribution in [0.2, 0.25) is 0 Å². The molecule has 0 aromatic rings. The Hall–Kier alpha value is -0.780. The molecule has 0 saturated heterocycles. The smallest absolute Gasteiger partial charge is 0.000763 e. The second kappa shape index (κ2) is 2.87. The average Bonchev–Trinajstić information content (AvgIpc) is 1.81. The molecular formula is C10H14. The Balaban J connectivity index is 2.78. The highest BCUT2D eigenvalue weighted by atomic mass is 14.1. The van der Waals surface area contributed by atoms with Crippen molar-refractivity contribution in [1.82, 2.24) is 0 Å². The van der Waals surface area contributed by atoms with Crippen LogP contribution in [0.25, 0.3) is 0 Å². The third-order valence-electron chi connectivity index (χ3n) is 1.59. The summed E-state index contributed by atoms with van der Waals surface area (Å²) in [4.78, 5) is 0. The fourth-order valence-electron chi connectivity index (χ4n) is 0.967. The third-order valence-corrected chi connectivity index (χ3v) is 1.59. The maximum atomic E-state index is 2.24. The first-order chi connectivity index (χ1) is 4.71. The molecule has 0 heterocycles. The summed E-state index contributed by atoms with van der Waals surface area (Å²) in [5.74, 6) is 0. The van der Waals surface area contributed by atoms with E-state index >= 15 is 0 Å². The van der Waals surface area contributed by atoms with Gasteiger partial charge in [-0.25, -0.2) is 0 Å². The number of rotatable bonds is 0. The first-order valence-corrected chi connectivity index (χ1v) is 3.73. The van der Waals surface area contributed by atoms with Gasteiger partial charge in [-0.2, -0.15) is 0 Å². The Kier molecular flexibility index (Phi) is 2.10. The molecule has 0 radical (unpaired) electrons. The maximum absolute atomic E-state index is 2.24. The molecule has 10 heavy (non-hydrogen) atoms. The molecule has 1 rings (SSSR count). The van der Waals surface area contributed by atoms with Gasteiger partial charge in [0, 0.05) is 5.41 Å². The average molecular weight is 134 g/mol. The zero-order valence-electron chi connectivity index (χ0n) is 6.67. The van der Waals surface area contributed by atoms with Crippen molar-refractivity contribution >= 4 is 0 Å². The molecule has 0 N–H and O–H groups in total. The van der Waals surface area contributed by atoms with E-state index in [1.807, 2.05) is 0 Å². The molecule has 0 amide bonds. The Bertz CT molecular complexity index is 180. The molecule has 0 atom stereocenters. The van der Waals surface area contributed by atoms with Crippen LogP contribution in [0.3, 0.4) is 0 Å². The predicted octanol–water partition coefficient (Wildman–Crippen LogP) is 3.08. The molecule has 0 spiro atoms. The topological polar surface area (TPSA) is 0 Å². The molecule has 0 heteroatoms. The minimum Gasteiger partial charge on any atom is -0.0839 e. The van der Waals surface area contributed by atoms with Crippen molar-refractivity contribution < 1.29 is 0 Å². The van der Waals surface area contributed by atoms with E-state index in [4.69, 9.17) is 0 Å². The van der Waals surface area contributed by atoms with Gasteiger partial charge in [-0.15, -0.1) is 0 Å². The highest BCUT2D eigenvalue weighted by Crippen LogP contribution is 2.20. The fourth-order valence-corrected chi connectivity index (χ4v) is 0.967. The normalized spacial score (nSPS) is 31.8. The maximum Gasteiger partial charge on any atom is 0.000763 e. The summed E-state index contributed by atoms with van der Waals surface area (Å²) >= 11 is 0. The summed E-state index contributed by atoms with van der Waals surface area (Å²) in [5.41, 5.74) is 0.241. The highest BCUT2D eigenvalue weighted by molar-refractivity contribution is 5.16. The number of hydrogen-bond donors (Lipinski definition) is 0. The Morgan fingerprint density at radius 1 is 1.00 bits per heavy atom. The molecule has 0 aromatic heterocycles. The van der Waals surface area contributed by atoms with Crippen LogP contribution in [0.1, 0.15) is 20.3 Å². The zero-order valence-corrected chi connectivity index (χ0v) is 6.67. The van der Waals surface area contributed by atoms with Crippen molar-refractivity contribution in [3.05, 3.63) is 36.5 Å². The molecule has 1 aliphatic carbocycles. The standard InChI is InChI=1S/C10H14/c1-10(2)8-6-4-3-5-7-9-10/h3-4,6-9H,5H2,1-2H3/b4-3-,8-6-,9-7-. The highest BCUT2D eigenvalue weighted by Gasteiger charge is 2.07. The largest absolute Gasteiger partial charge is 0.0839 e. The second-order valence-corrected chi connectivity index (χ2v) is 3.25. The first kappa shape index (κ1) is 7.33. The van der Waals surface area contributed by atoms with E-state index in [1.54, 1.807) is 0 Å². The molecule has 0 fully saturated rings. The van der Waals surface area contributed by atoms with E-state index in [1.165, 1.54) is 0 Å². The van der Waals surface area contributed by atoms with Gasteiger partial charge in [0.15, 0.2) is 0 Å². The molecule has 0 bridgehead atoms. The van der Waals surface area contributed by atoms with Gasteiger partial charge in [0.1, 0.15) is 0 Å². The SMILES string of the molecule is CC1(C)/C=C\C=C/C/C=C\1. The summed E-state index contributed by atoms with van der Waals surface area (Å²) in [6.07, 6.45) is 14.1. The summed E-state index contributed by atoms with van der Waals surface area (Å²) in [5, 5.41) is 0. The van der Waals surface area contributed by atoms with Crippen molar-refractivity contribution in [3.63, 3.8) is 0 Å². The number of hydrogen-bond acceptors (Lipinski definition) is 0. The van der Waals surface area contributed by atoms with Crippen molar-refractivity contribution in [2.24, 2.45) is 5.41 Å². The van der Waals surface area contributed by atoms with E-state index in [0.717, 1.165) is 6.42 Å². The van der Waals surface area contributed by atoms with Crippen LogP contribution in [0.4, 0.5) is 0 Å². The van der Waals surface area contributed by atoms with Crippen LogP contribution < -0.4 is 0 Å². The second-order valence-electron chi connectivity index (χ2n) is 3.25. The van der Waals surface area contributed by atoms with Gasteiger partial charge in [-0.05, 0) is 6.42 Å². The quantitative estimate of drug-likeness (QED) is 0.446. The minimum atomic E-state index is 0.241. The molecule has 54 valence electrons. The third kappa shape index (κ3) is 2.22. The molecular weight excluding hydrogens is 120 g/mol. The first-order valence-electron chi connectivity index (χ1n) is 3.73. The van der Waals surface area contributed by atoms with Crippen LogP contribution >= 0.6 is 0 Å². The van der Waals surface area contributed by atoms with Crippen molar-refractivity contribution in [2.45, 2.75) is 20.3 Å². The van der Waals surface area contributed by atoms with Crippen molar-refractivity contribution in [2.75, 3.05) is 0 Å². The molecule has 0 aliphatic heterocycles. The molecule has 0 aromatic carbocycles. The lowest BCUT2D eigenvalue weighted by Crippen LogP contribution is -2.01. The lowest BCUT2D eigenvalue weighted by atomic mass is 9.91. The Morgan fingerprint density at radius 2 is 1.80 bits per heavy atom. The van der Waals surface area contributed by atoms with Crippen LogP contribution in [0, 0.1) is 5.41 Å². The molecule has 0 saturated carbocycles. The Labute approximate surface area is 62.9 Å². The van der Waals surface area contributed by atoms with Gasteiger partial charge in [0.2, 0.25) is 0 Å². The lowest BCUT2D eigenvalue weighted by Gasteiger charge is -2.14. The van der Waals surface area contributed by atoms with Gasteiger partial charge in [0.25, 0.3) is 0 Å². The number of allylic oxidation sites excluding steroid dienone is 6. The van der Waals surface area contributed by atoms with E-state index in [-0.39, 0.29) is 5.41 Å². The summed E-state index contributed by atoms with van der Waals surface area (Å²) in [6, 6.07) is 0. The van der Waals surface area contributed by atoms with E-state index in [2.05, 4.69) is 50.3 Å². The zero-order chi connectivity index (χ0) is 7.45. The van der Waals surface area contributed by atoms with Crippen LogP contribution in [-0.2, 0) is 0 Å². The minimum absolute atomic E-state index is 0.241. The fraction of sp³-hybridized carbons (Fsp3) is 0.400. The van der Waals surface area contributed by atoms with Gasteiger partial charge in [-0.3, -0.25) is 0 Å². The van der Waals surface area contributed by atoms with E-state index in [0.29, 0.717) is 0 Å². The lowest BCUT2D eigenvalue weighted by molar-refractivity contribution is 0.623. The van der Waals surface area contributed by atoms with Crippen molar-refractivity contribution in [3.8, 4) is 0 Å². The Morgan fingerprint density at radius 3 is 2.60 bits per heavy atom. The molecule has 0 nitrogen and oxygen atoms in total. The van der Waals surface area contributed by atoms with E-state index < -0.39 is 0 Å². The van der Waals surface area contributed by atoms with E-state index in [9.17, 15) is 0 Å². The van der Waals surface area contributed by atoms with Crippen LogP contribution in [0.5, 0.6) is 0 Å². The summed E-state index contributed by atoms with van der Waals surface area (Å²) in [6.45, 7) is 4.42. The summed E-state index contributed by atoms with van der Waals surface area (Å²) < 4.78 is 0. The molecule has 0 unspecified atom stereocenters. The van der Waals surface area contributed by atoms with Gasteiger partial charge in [-0.1, -0.05) is 50.3 Å². The van der Waals surface area contributed by atoms with Gasteiger partial charge in [0.05, 0.1) is 0 Å². The van der Waals surface area contributed by atoms with Crippen LogP contribution in [0.15, 0.2) is 36.5 Å².